The van der Waals surface area contributed by atoms with Gasteiger partial charge in [0.15, 0.2) is 0 Å². The first kappa shape index (κ1) is 12.7. The Kier molecular flexibility index (Phi) is 4.99. The lowest BCUT2D eigenvalue weighted by Gasteiger charge is -2.15. The Morgan fingerprint density at radius 1 is 1.44 bits per heavy atom. The summed E-state index contributed by atoms with van der Waals surface area (Å²) in [5.41, 5.74) is 8.18. The largest absolute Gasteiger partial charge is 0.481 e. The van der Waals surface area contributed by atoms with Crippen molar-refractivity contribution in [1.82, 2.24) is 0 Å². The van der Waals surface area contributed by atoms with Crippen molar-refractivity contribution in [2.24, 2.45) is 11.7 Å². The third-order valence-electron chi connectivity index (χ3n) is 2.87. The van der Waals surface area contributed by atoms with E-state index >= 15 is 0 Å². The van der Waals surface area contributed by atoms with Crippen LogP contribution in [0.2, 0.25) is 0 Å². The molecule has 3 N–H and O–H groups in total. The predicted molar refractivity (Wildman–Crippen MR) is 64.3 cm³/mol. The van der Waals surface area contributed by atoms with E-state index in [-0.39, 0.29) is 12.3 Å². The molecule has 1 aromatic rings. The zero-order valence-corrected chi connectivity index (χ0v) is 9.65. The second-order valence-corrected chi connectivity index (χ2v) is 4.16. The van der Waals surface area contributed by atoms with Gasteiger partial charge >= 0.3 is 5.97 Å². The molecule has 1 rings (SSSR count). The van der Waals surface area contributed by atoms with E-state index in [0.717, 1.165) is 6.42 Å². The highest BCUT2D eigenvalue weighted by Crippen LogP contribution is 2.16. The van der Waals surface area contributed by atoms with Crippen LogP contribution in [-0.2, 0) is 11.2 Å². The molecule has 0 radical (unpaired) electrons. The summed E-state index contributed by atoms with van der Waals surface area (Å²) in [7, 11) is 0. The van der Waals surface area contributed by atoms with E-state index in [1.807, 2.05) is 12.1 Å². The Balaban J connectivity index is 2.56. The molecule has 0 aliphatic carbocycles. The topological polar surface area (TPSA) is 63.3 Å². The highest BCUT2D eigenvalue weighted by atomic mass is 16.4. The first-order valence-electron chi connectivity index (χ1n) is 5.60. The van der Waals surface area contributed by atoms with Gasteiger partial charge in [0.25, 0.3) is 0 Å². The summed E-state index contributed by atoms with van der Waals surface area (Å²) in [6.07, 6.45) is 1.73. The van der Waals surface area contributed by atoms with Gasteiger partial charge in [0.05, 0.1) is 0 Å². The molecule has 0 fully saturated rings. The SMILES string of the molecule is Cc1ccccc1CC(CN)CCC(=O)O. The van der Waals surface area contributed by atoms with Gasteiger partial charge in [0.1, 0.15) is 0 Å². The number of nitrogens with two attached hydrogens (primary N) is 1. The molecule has 0 aliphatic heterocycles. The molecule has 0 heterocycles. The number of benzene rings is 1. The molecule has 1 unspecified atom stereocenters. The quantitative estimate of drug-likeness (QED) is 0.772. The molecule has 0 spiro atoms. The Morgan fingerprint density at radius 3 is 2.69 bits per heavy atom. The van der Waals surface area contributed by atoms with Gasteiger partial charge in [-0.25, -0.2) is 0 Å². The monoisotopic (exact) mass is 221 g/mol. The molecule has 1 atom stereocenters. The van der Waals surface area contributed by atoms with Gasteiger partial charge in [-0.1, -0.05) is 24.3 Å². The first-order valence-corrected chi connectivity index (χ1v) is 5.60. The van der Waals surface area contributed by atoms with Crippen molar-refractivity contribution >= 4 is 5.97 Å². The van der Waals surface area contributed by atoms with Gasteiger partial charge in [0.2, 0.25) is 0 Å². The van der Waals surface area contributed by atoms with Gasteiger partial charge in [-0.05, 0) is 43.4 Å². The van der Waals surface area contributed by atoms with E-state index < -0.39 is 5.97 Å². The summed E-state index contributed by atoms with van der Waals surface area (Å²) in [6, 6.07) is 8.17. The van der Waals surface area contributed by atoms with Crippen LogP contribution in [0.4, 0.5) is 0 Å². The Morgan fingerprint density at radius 2 is 2.12 bits per heavy atom. The first-order chi connectivity index (χ1) is 7.63. The molecule has 0 amide bonds. The van der Waals surface area contributed by atoms with Crippen LogP contribution in [0.3, 0.4) is 0 Å². The van der Waals surface area contributed by atoms with Crippen molar-refractivity contribution in [3.63, 3.8) is 0 Å². The summed E-state index contributed by atoms with van der Waals surface area (Å²) in [6.45, 7) is 2.61. The highest BCUT2D eigenvalue weighted by molar-refractivity contribution is 5.66. The maximum Gasteiger partial charge on any atom is 0.303 e. The van der Waals surface area contributed by atoms with Crippen molar-refractivity contribution in [3.8, 4) is 0 Å². The van der Waals surface area contributed by atoms with E-state index in [4.69, 9.17) is 10.8 Å². The second kappa shape index (κ2) is 6.28. The number of aryl methyl sites for hydroxylation is 1. The van der Waals surface area contributed by atoms with Gasteiger partial charge < -0.3 is 10.8 Å². The fourth-order valence-electron chi connectivity index (χ4n) is 1.78. The van der Waals surface area contributed by atoms with Crippen molar-refractivity contribution in [1.29, 1.82) is 0 Å². The van der Waals surface area contributed by atoms with Crippen LogP contribution < -0.4 is 5.73 Å². The van der Waals surface area contributed by atoms with Crippen molar-refractivity contribution in [2.75, 3.05) is 6.54 Å². The standard InChI is InChI=1S/C13H19NO2/c1-10-4-2-3-5-12(10)8-11(9-14)6-7-13(15)16/h2-5,11H,6-9,14H2,1H3,(H,15,16). The fraction of sp³-hybridized carbons (Fsp3) is 0.462. The van der Waals surface area contributed by atoms with Crippen LogP contribution in [0.25, 0.3) is 0 Å². The number of hydrogen-bond donors (Lipinski definition) is 2. The maximum absolute atomic E-state index is 10.5. The van der Waals surface area contributed by atoms with Crippen LogP contribution in [0, 0.1) is 12.8 Å². The minimum atomic E-state index is -0.747. The van der Waals surface area contributed by atoms with Crippen LogP contribution in [0.1, 0.15) is 24.0 Å². The second-order valence-electron chi connectivity index (χ2n) is 4.16. The minimum absolute atomic E-state index is 0.202. The number of rotatable bonds is 6. The number of aliphatic carboxylic acids is 1. The molecule has 0 bridgehead atoms. The summed E-state index contributed by atoms with van der Waals surface area (Å²) in [4.78, 5) is 10.5. The third-order valence-corrected chi connectivity index (χ3v) is 2.87. The molecule has 3 heteroatoms. The lowest BCUT2D eigenvalue weighted by Crippen LogP contribution is -2.18. The lowest BCUT2D eigenvalue weighted by molar-refractivity contribution is -0.137. The van der Waals surface area contributed by atoms with Gasteiger partial charge in [0, 0.05) is 6.42 Å². The normalized spacial score (nSPS) is 12.4. The van der Waals surface area contributed by atoms with Crippen LogP contribution in [0.15, 0.2) is 24.3 Å². The van der Waals surface area contributed by atoms with E-state index in [1.165, 1.54) is 11.1 Å². The van der Waals surface area contributed by atoms with E-state index in [0.29, 0.717) is 13.0 Å². The highest BCUT2D eigenvalue weighted by Gasteiger charge is 2.11. The Hall–Kier alpha value is -1.35. The van der Waals surface area contributed by atoms with Gasteiger partial charge in [-0.15, -0.1) is 0 Å². The molecular formula is C13H19NO2. The number of carboxylic acids is 1. The minimum Gasteiger partial charge on any atom is -0.481 e. The molecule has 1 aromatic carbocycles. The maximum atomic E-state index is 10.5. The lowest BCUT2D eigenvalue weighted by atomic mass is 9.93. The summed E-state index contributed by atoms with van der Waals surface area (Å²) < 4.78 is 0. The summed E-state index contributed by atoms with van der Waals surface area (Å²) in [5.74, 6) is -0.486. The molecule has 3 nitrogen and oxygen atoms in total. The number of hydrogen-bond acceptors (Lipinski definition) is 2. The molecule has 0 aromatic heterocycles. The smallest absolute Gasteiger partial charge is 0.303 e. The molecule has 0 saturated carbocycles. The Bertz CT molecular complexity index is 350. The average Bonchev–Trinajstić information content (AvgIpc) is 2.26. The zero-order chi connectivity index (χ0) is 12.0. The van der Waals surface area contributed by atoms with Crippen LogP contribution in [0.5, 0.6) is 0 Å². The molecule has 0 aliphatic rings. The van der Waals surface area contributed by atoms with E-state index in [2.05, 4.69) is 19.1 Å². The van der Waals surface area contributed by atoms with Crippen molar-refractivity contribution < 1.29 is 9.90 Å². The van der Waals surface area contributed by atoms with Crippen LogP contribution >= 0.6 is 0 Å². The van der Waals surface area contributed by atoms with Crippen LogP contribution in [-0.4, -0.2) is 17.6 Å². The van der Waals surface area contributed by atoms with E-state index in [9.17, 15) is 4.79 Å². The summed E-state index contributed by atoms with van der Waals surface area (Å²) >= 11 is 0. The third kappa shape index (κ3) is 4.03. The van der Waals surface area contributed by atoms with Crippen molar-refractivity contribution in [2.45, 2.75) is 26.2 Å². The molecular weight excluding hydrogens is 202 g/mol. The Labute approximate surface area is 96.3 Å². The zero-order valence-electron chi connectivity index (χ0n) is 9.65. The summed E-state index contributed by atoms with van der Waals surface area (Å²) in [5, 5.41) is 8.64. The molecule has 0 saturated heterocycles. The number of carbonyl (C=O) groups is 1. The van der Waals surface area contributed by atoms with Gasteiger partial charge in [-0.3, -0.25) is 4.79 Å². The number of carboxylic acid groups (broad SMARTS) is 1. The fourth-order valence-corrected chi connectivity index (χ4v) is 1.78. The molecule has 88 valence electrons. The van der Waals surface area contributed by atoms with E-state index in [1.54, 1.807) is 0 Å². The predicted octanol–water partition coefficient (Wildman–Crippen LogP) is 1.98. The van der Waals surface area contributed by atoms with Gasteiger partial charge in [-0.2, -0.15) is 0 Å². The average molecular weight is 221 g/mol. The van der Waals surface area contributed by atoms with Crippen molar-refractivity contribution in [3.05, 3.63) is 35.4 Å². The molecule has 16 heavy (non-hydrogen) atoms.